The number of hydrogen-bond donors (Lipinski definition) is 0. The lowest BCUT2D eigenvalue weighted by molar-refractivity contribution is -0.137. The Morgan fingerprint density at radius 2 is 1.86 bits per heavy atom. The van der Waals surface area contributed by atoms with Gasteiger partial charge in [0.2, 0.25) is 0 Å². The number of halogens is 3. The van der Waals surface area contributed by atoms with Crippen molar-refractivity contribution in [3.05, 3.63) is 34.7 Å². The molecule has 6 heteroatoms. The molecule has 2 heterocycles. The van der Waals surface area contributed by atoms with Gasteiger partial charge in [-0.15, -0.1) is 11.3 Å². The van der Waals surface area contributed by atoms with Crippen molar-refractivity contribution in [2.24, 2.45) is 0 Å². The Balaban J connectivity index is 2.03. The van der Waals surface area contributed by atoms with Gasteiger partial charge in [0.1, 0.15) is 0 Å². The zero-order valence-corrected chi connectivity index (χ0v) is 12.2. The minimum absolute atomic E-state index is 0.293. The Labute approximate surface area is 125 Å². The lowest BCUT2D eigenvalue weighted by Gasteiger charge is -2.31. The lowest BCUT2D eigenvalue weighted by atomic mass is 10.0. The van der Waals surface area contributed by atoms with Crippen LogP contribution in [0.5, 0.6) is 0 Å². The van der Waals surface area contributed by atoms with Crippen molar-refractivity contribution >= 4 is 17.0 Å². The van der Waals surface area contributed by atoms with Crippen LogP contribution in [-0.2, 0) is 6.18 Å². The minimum Gasteiger partial charge on any atom is -0.371 e. The normalized spacial score (nSPS) is 16.2. The monoisotopic (exact) mass is 312 g/mol. The van der Waals surface area contributed by atoms with Crippen molar-refractivity contribution < 1.29 is 13.2 Å². The average Bonchev–Trinajstić information content (AvgIpc) is 3.01. The molecular formula is C15H15F3N2S. The SMILES string of the molecule is FC(F)(F)c1cc(-c2cscn2)ccc1N1CCCCC1. The largest absolute Gasteiger partial charge is 0.418 e. The fourth-order valence-corrected chi connectivity index (χ4v) is 3.25. The maximum Gasteiger partial charge on any atom is 0.418 e. The molecule has 1 saturated heterocycles. The molecule has 1 fully saturated rings. The van der Waals surface area contributed by atoms with Crippen LogP contribution in [0.4, 0.5) is 18.9 Å². The molecule has 1 aromatic heterocycles. The summed E-state index contributed by atoms with van der Waals surface area (Å²) in [5.74, 6) is 0. The van der Waals surface area contributed by atoms with Gasteiger partial charge in [-0.25, -0.2) is 4.98 Å². The van der Waals surface area contributed by atoms with Gasteiger partial charge < -0.3 is 4.90 Å². The molecule has 1 aromatic carbocycles. The van der Waals surface area contributed by atoms with Crippen LogP contribution >= 0.6 is 11.3 Å². The average molecular weight is 312 g/mol. The van der Waals surface area contributed by atoms with Crippen molar-refractivity contribution in [2.75, 3.05) is 18.0 Å². The maximum absolute atomic E-state index is 13.4. The van der Waals surface area contributed by atoms with E-state index in [9.17, 15) is 13.2 Å². The van der Waals surface area contributed by atoms with E-state index in [0.29, 0.717) is 30.0 Å². The van der Waals surface area contributed by atoms with Gasteiger partial charge in [-0.3, -0.25) is 0 Å². The molecule has 21 heavy (non-hydrogen) atoms. The van der Waals surface area contributed by atoms with E-state index < -0.39 is 11.7 Å². The maximum atomic E-state index is 13.4. The van der Waals surface area contributed by atoms with Gasteiger partial charge in [-0.2, -0.15) is 13.2 Å². The van der Waals surface area contributed by atoms with Crippen molar-refractivity contribution in [3.8, 4) is 11.3 Å². The van der Waals surface area contributed by atoms with Gasteiger partial charge >= 0.3 is 6.18 Å². The third-order valence-corrected chi connectivity index (χ3v) is 4.31. The number of hydrogen-bond acceptors (Lipinski definition) is 3. The first-order valence-electron chi connectivity index (χ1n) is 6.90. The molecule has 0 unspecified atom stereocenters. The van der Waals surface area contributed by atoms with Crippen molar-refractivity contribution in [1.82, 2.24) is 4.98 Å². The Hall–Kier alpha value is -1.56. The van der Waals surface area contributed by atoms with Crippen LogP contribution in [0.15, 0.2) is 29.1 Å². The minimum atomic E-state index is -4.35. The smallest absolute Gasteiger partial charge is 0.371 e. The Kier molecular flexibility index (Phi) is 3.89. The summed E-state index contributed by atoms with van der Waals surface area (Å²) in [6, 6.07) is 4.54. The second-order valence-corrected chi connectivity index (χ2v) is 5.87. The van der Waals surface area contributed by atoms with E-state index in [2.05, 4.69) is 4.98 Å². The molecule has 0 radical (unpaired) electrons. The molecule has 0 saturated carbocycles. The predicted molar refractivity (Wildman–Crippen MR) is 78.6 cm³/mol. The van der Waals surface area contributed by atoms with E-state index in [4.69, 9.17) is 0 Å². The standard InChI is InChI=1S/C15H15F3N2S/c16-15(17,18)12-8-11(13-9-21-10-19-13)4-5-14(12)20-6-2-1-3-7-20/h4-5,8-10H,1-3,6-7H2. The molecule has 3 rings (SSSR count). The van der Waals surface area contributed by atoms with Crippen LogP contribution in [0.3, 0.4) is 0 Å². The highest BCUT2D eigenvalue weighted by Crippen LogP contribution is 2.39. The molecule has 0 amide bonds. The third kappa shape index (κ3) is 3.05. The zero-order valence-electron chi connectivity index (χ0n) is 11.4. The molecule has 2 nitrogen and oxygen atoms in total. The summed E-state index contributed by atoms with van der Waals surface area (Å²) in [6.45, 7) is 1.39. The first-order chi connectivity index (χ1) is 10.1. The van der Waals surface area contributed by atoms with Gasteiger partial charge in [0.15, 0.2) is 0 Å². The second-order valence-electron chi connectivity index (χ2n) is 5.15. The van der Waals surface area contributed by atoms with E-state index in [1.54, 1.807) is 23.0 Å². The molecule has 0 N–H and O–H groups in total. The van der Waals surface area contributed by atoms with Gasteiger partial charge in [-0.05, 0) is 31.4 Å². The summed E-state index contributed by atoms with van der Waals surface area (Å²) in [6.07, 6.45) is -1.36. The number of benzene rings is 1. The molecular weight excluding hydrogens is 297 g/mol. The van der Waals surface area contributed by atoms with Gasteiger partial charge in [0.05, 0.1) is 16.8 Å². The van der Waals surface area contributed by atoms with Crippen LogP contribution in [0, 0.1) is 0 Å². The summed E-state index contributed by atoms with van der Waals surface area (Å²) in [4.78, 5) is 5.93. The molecule has 1 aliphatic rings. The van der Waals surface area contributed by atoms with Crippen molar-refractivity contribution in [2.45, 2.75) is 25.4 Å². The zero-order chi connectivity index (χ0) is 14.9. The van der Waals surface area contributed by atoms with Gasteiger partial charge in [0, 0.05) is 29.7 Å². The van der Waals surface area contributed by atoms with E-state index >= 15 is 0 Å². The van der Waals surface area contributed by atoms with E-state index in [0.717, 1.165) is 19.3 Å². The molecule has 0 spiro atoms. The lowest BCUT2D eigenvalue weighted by Crippen LogP contribution is -2.31. The van der Waals surface area contributed by atoms with Crippen molar-refractivity contribution in [1.29, 1.82) is 0 Å². The quantitative estimate of drug-likeness (QED) is 0.790. The third-order valence-electron chi connectivity index (χ3n) is 3.73. The van der Waals surface area contributed by atoms with Crippen LogP contribution in [-0.4, -0.2) is 18.1 Å². The molecule has 2 aromatic rings. The Bertz CT molecular complexity index is 602. The Morgan fingerprint density at radius 1 is 1.10 bits per heavy atom. The molecule has 112 valence electrons. The van der Waals surface area contributed by atoms with Gasteiger partial charge in [-0.1, -0.05) is 6.07 Å². The molecule has 0 bridgehead atoms. The summed E-state index contributed by atoms with van der Waals surface area (Å²) in [5.41, 5.74) is 2.47. The van der Waals surface area contributed by atoms with E-state index in [-0.39, 0.29) is 0 Å². The molecule has 0 atom stereocenters. The highest BCUT2D eigenvalue weighted by Gasteiger charge is 2.35. The number of thiazole rings is 1. The first-order valence-corrected chi connectivity index (χ1v) is 7.85. The number of rotatable bonds is 2. The highest BCUT2D eigenvalue weighted by atomic mass is 32.1. The number of anilines is 1. The fraction of sp³-hybridized carbons (Fsp3) is 0.400. The Morgan fingerprint density at radius 3 is 2.48 bits per heavy atom. The van der Waals surface area contributed by atoms with Crippen LogP contribution in [0.25, 0.3) is 11.3 Å². The summed E-state index contributed by atoms with van der Waals surface area (Å²) in [5, 5.41) is 1.76. The number of piperidine rings is 1. The number of aromatic nitrogens is 1. The van der Waals surface area contributed by atoms with Gasteiger partial charge in [0.25, 0.3) is 0 Å². The fourth-order valence-electron chi connectivity index (χ4n) is 2.69. The number of nitrogens with zero attached hydrogens (tertiary/aromatic N) is 2. The molecule has 0 aliphatic carbocycles. The van der Waals surface area contributed by atoms with Crippen LogP contribution < -0.4 is 4.90 Å². The predicted octanol–water partition coefficient (Wildman–Crippen LogP) is 4.82. The first kappa shape index (κ1) is 14.4. The van der Waals surface area contributed by atoms with Crippen LogP contribution in [0.1, 0.15) is 24.8 Å². The van der Waals surface area contributed by atoms with Crippen molar-refractivity contribution in [3.63, 3.8) is 0 Å². The number of alkyl halides is 3. The second kappa shape index (κ2) is 5.67. The molecule has 1 aliphatic heterocycles. The summed E-state index contributed by atoms with van der Waals surface area (Å²) < 4.78 is 40.1. The summed E-state index contributed by atoms with van der Waals surface area (Å²) >= 11 is 1.38. The summed E-state index contributed by atoms with van der Waals surface area (Å²) in [7, 11) is 0. The highest BCUT2D eigenvalue weighted by molar-refractivity contribution is 7.07. The van der Waals surface area contributed by atoms with E-state index in [1.165, 1.54) is 17.4 Å². The van der Waals surface area contributed by atoms with E-state index in [1.807, 2.05) is 4.90 Å². The topological polar surface area (TPSA) is 16.1 Å². The van der Waals surface area contributed by atoms with Crippen LogP contribution in [0.2, 0.25) is 0 Å².